The van der Waals surface area contributed by atoms with E-state index in [2.05, 4.69) is 5.32 Å². The highest BCUT2D eigenvalue weighted by molar-refractivity contribution is 7.99. The van der Waals surface area contributed by atoms with Crippen molar-refractivity contribution in [3.63, 3.8) is 0 Å². The van der Waals surface area contributed by atoms with E-state index >= 15 is 0 Å². The Balaban J connectivity index is 1.98. The number of carbonyl (C=O) groups is 2. The minimum atomic E-state index is -0.517. The van der Waals surface area contributed by atoms with Crippen LogP contribution in [0.3, 0.4) is 0 Å². The average Bonchev–Trinajstić information content (AvgIpc) is 2.71. The van der Waals surface area contributed by atoms with E-state index < -0.39 is 6.04 Å². The van der Waals surface area contributed by atoms with Gasteiger partial charge in [0.05, 0.1) is 15.8 Å². The van der Waals surface area contributed by atoms with Gasteiger partial charge in [-0.25, -0.2) is 0 Å². The van der Waals surface area contributed by atoms with Crippen LogP contribution in [0.1, 0.15) is 25.0 Å². The standard InChI is InChI=1S/C22H26Cl2N2O2S/c1-3-25-22(28)16(2)26(12-11-17-7-5-4-6-8-17)21(27)15-29-14-18-9-10-19(23)20(24)13-18/h4-10,13,16H,3,11-12,14-15H2,1-2H3,(H,25,28)/t16-/m1/s1. The van der Waals surface area contributed by atoms with Gasteiger partial charge >= 0.3 is 0 Å². The quantitative estimate of drug-likeness (QED) is 0.561. The highest BCUT2D eigenvalue weighted by Crippen LogP contribution is 2.24. The Kier molecular flexibility index (Phi) is 9.85. The topological polar surface area (TPSA) is 49.4 Å². The Morgan fingerprint density at radius 3 is 2.45 bits per heavy atom. The van der Waals surface area contributed by atoms with E-state index in [4.69, 9.17) is 23.2 Å². The molecule has 2 amide bonds. The molecule has 0 aromatic heterocycles. The zero-order chi connectivity index (χ0) is 21.2. The van der Waals surface area contributed by atoms with Gasteiger partial charge in [0.15, 0.2) is 0 Å². The summed E-state index contributed by atoms with van der Waals surface area (Å²) >= 11 is 13.5. The molecule has 7 heteroatoms. The fourth-order valence-corrected chi connectivity index (χ4v) is 4.04. The highest BCUT2D eigenvalue weighted by atomic mass is 35.5. The Morgan fingerprint density at radius 2 is 1.79 bits per heavy atom. The van der Waals surface area contributed by atoms with Gasteiger partial charge in [-0.15, -0.1) is 11.8 Å². The maximum absolute atomic E-state index is 12.9. The third-order valence-electron chi connectivity index (χ3n) is 4.48. The van der Waals surface area contributed by atoms with Gasteiger partial charge in [0.2, 0.25) is 11.8 Å². The van der Waals surface area contributed by atoms with Crippen molar-refractivity contribution in [3.05, 3.63) is 69.7 Å². The lowest BCUT2D eigenvalue weighted by Gasteiger charge is -2.28. The molecule has 0 saturated carbocycles. The van der Waals surface area contributed by atoms with Gasteiger partial charge in [0.25, 0.3) is 0 Å². The second-order valence-electron chi connectivity index (χ2n) is 6.63. The first-order chi connectivity index (χ1) is 13.9. The molecular formula is C22H26Cl2N2O2S. The number of thioether (sulfide) groups is 1. The average molecular weight is 453 g/mol. The molecule has 0 unspecified atom stereocenters. The minimum absolute atomic E-state index is 0.0512. The lowest BCUT2D eigenvalue weighted by Crippen LogP contribution is -2.49. The molecule has 1 atom stereocenters. The zero-order valence-electron chi connectivity index (χ0n) is 16.7. The van der Waals surface area contributed by atoms with Crippen LogP contribution < -0.4 is 5.32 Å². The molecule has 1 N–H and O–H groups in total. The Bertz CT molecular complexity index is 818. The van der Waals surface area contributed by atoms with Crippen LogP contribution in [0.2, 0.25) is 10.0 Å². The SMILES string of the molecule is CCNC(=O)[C@@H](C)N(CCc1ccccc1)C(=O)CSCc1ccc(Cl)c(Cl)c1. The summed E-state index contributed by atoms with van der Waals surface area (Å²) in [5.41, 5.74) is 2.14. The van der Waals surface area contributed by atoms with E-state index in [0.29, 0.717) is 41.1 Å². The van der Waals surface area contributed by atoms with Crippen molar-refractivity contribution >= 4 is 46.8 Å². The van der Waals surface area contributed by atoms with Crippen LogP contribution in [0.25, 0.3) is 0 Å². The van der Waals surface area contributed by atoms with E-state index in [1.54, 1.807) is 17.9 Å². The number of amides is 2. The van der Waals surface area contributed by atoms with Crippen LogP contribution >= 0.6 is 35.0 Å². The Hall–Kier alpha value is -1.69. The summed E-state index contributed by atoms with van der Waals surface area (Å²) in [6.07, 6.45) is 0.702. The van der Waals surface area contributed by atoms with Gasteiger partial charge in [-0.2, -0.15) is 0 Å². The minimum Gasteiger partial charge on any atom is -0.355 e. The van der Waals surface area contributed by atoms with Crippen LogP contribution in [0.5, 0.6) is 0 Å². The lowest BCUT2D eigenvalue weighted by molar-refractivity contribution is -0.137. The van der Waals surface area contributed by atoms with Gasteiger partial charge < -0.3 is 10.2 Å². The molecule has 2 aromatic carbocycles. The van der Waals surface area contributed by atoms with Crippen molar-refractivity contribution in [2.24, 2.45) is 0 Å². The van der Waals surface area contributed by atoms with Crippen molar-refractivity contribution in [2.75, 3.05) is 18.8 Å². The van der Waals surface area contributed by atoms with Crippen LogP contribution in [0, 0.1) is 0 Å². The summed E-state index contributed by atoms with van der Waals surface area (Å²) in [6, 6.07) is 14.9. The molecule has 0 aliphatic rings. The maximum Gasteiger partial charge on any atom is 0.242 e. The van der Waals surface area contributed by atoms with E-state index in [9.17, 15) is 9.59 Å². The number of halogens is 2. The van der Waals surface area contributed by atoms with Crippen molar-refractivity contribution < 1.29 is 9.59 Å². The molecule has 0 heterocycles. The first-order valence-electron chi connectivity index (χ1n) is 9.55. The number of rotatable bonds is 10. The van der Waals surface area contributed by atoms with Gasteiger partial charge in [0, 0.05) is 18.8 Å². The maximum atomic E-state index is 12.9. The molecule has 2 aromatic rings. The molecule has 0 spiro atoms. The summed E-state index contributed by atoms with van der Waals surface area (Å²) < 4.78 is 0. The second-order valence-corrected chi connectivity index (χ2v) is 8.43. The van der Waals surface area contributed by atoms with Crippen molar-refractivity contribution in [1.82, 2.24) is 10.2 Å². The lowest BCUT2D eigenvalue weighted by atomic mass is 10.1. The van der Waals surface area contributed by atoms with Crippen LogP contribution in [0.15, 0.2) is 48.5 Å². The third kappa shape index (κ3) is 7.57. The molecule has 2 rings (SSSR count). The molecule has 0 radical (unpaired) electrons. The summed E-state index contributed by atoms with van der Waals surface area (Å²) in [4.78, 5) is 26.9. The van der Waals surface area contributed by atoms with E-state index in [1.807, 2.05) is 49.4 Å². The first-order valence-corrected chi connectivity index (χ1v) is 11.5. The smallest absolute Gasteiger partial charge is 0.242 e. The Morgan fingerprint density at radius 1 is 1.07 bits per heavy atom. The van der Waals surface area contributed by atoms with Crippen molar-refractivity contribution in [3.8, 4) is 0 Å². The molecule has 0 aliphatic carbocycles. The normalized spacial score (nSPS) is 11.7. The van der Waals surface area contributed by atoms with Crippen LogP contribution in [-0.4, -0.2) is 41.6 Å². The predicted molar refractivity (Wildman–Crippen MR) is 123 cm³/mol. The van der Waals surface area contributed by atoms with Crippen molar-refractivity contribution in [1.29, 1.82) is 0 Å². The monoisotopic (exact) mass is 452 g/mol. The van der Waals surface area contributed by atoms with Crippen LogP contribution in [-0.2, 0) is 21.8 Å². The number of carbonyl (C=O) groups excluding carboxylic acids is 2. The third-order valence-corrected chi connectivity index (χ3v) is 6.21. The molecule has 0 aliphatic heterocycles. The zero-order valence-corrected chi connectivity index (χ0v) is 19.0. The van der Waals surface area contributed by atoms with Crippen LogP contribution in [0.4, 0.5) is 0 Å². The molecule has 0 saturated heterocycles. The van der Waals surface area contributed by atoms with Gasteiger partial charge in [-0.1, -0.05) is 59.6 Å². The molecule has 29 heavy (non-hydrogen) atoms. The molecule has 4 nitrogen and oxygen atoms in total. The van der Waals surface area contributed by atoms with E-state index in [-0.39, 0.29) is 11.8 Å². The van der Waals surface area contributed by atoms with Gasteiger partial charge in [-0.05, 0) is 43.5 Å². The second kappa shape index (κ2) is 12.1. The Labute approximate surface area is 187 Å². The number of hydrogen-bond donors (Lipinski definition) is 1. The molecular weight excluding hydrogens is 427 g/mol. The number of likely N-dealkylation sites (N-methyl/N-ethyl adjacent to an activating group) is 1. The fourth-order valence-electron chi connectivity index (χ4n) is 2.86. The number of nitrogens with zero attached hydrogens (tertiary/aromatic N) is 1. The van der Waals surface area contributed by atoms with E-state index in [1.165, 1.54) is 11.8 Å². The summed E-state index contributed by atoms with van der Waals surface area (Å²) in [7, 11) is 0. The van der Waals surface area contributed by atoms with Gasteiger partial charge in [-0.3, -0.25) is 9.59 Å². The number of benzene rings is 2. The fraction of sp³-hybridized carbons (Fsp3) is 0.364. The summed E-state index contributed by atoms with van der Waals surface area (Å²) in [6.45, 7) is 4.68. The number of hydrogen-bond acceptors (Lipinski definition) is 3. The first kappa shape index (κ1) is 23.6. The predicted octanol–water partition coefficient (Wildman–Crippen LogP) is 4.82. The van der Waals surface area contributed by atoms with E-state index in [0.717, 1.165) is 11.1 Å². The molecule has 0 fully saturated rings. The highest BCUT2D eigenvalue weighted by Gasteiger charge is 2.25. The largest absolute Gasteiger partial charge is 0.355 e. The van der Waals surface area contributed by atoms with Gasteiger partial charge in [0.1, 0.15) is 6.04 Å². The molecule has 0 bridgehead atoms. The number of nitrogens with one attached hydrogen (secondary N) is 1. The summed E-state index contributed by atoms with van der Waals surface area (Å²) in [5.74, 6) is 0.747. The summed E-state index contributed by atoms with van der Waals surface area (Å²) in [5, 5.41) is 3.82. The molecule has 156 valence electrons. The van der Waals surface area contributed by atoms with Crippen molar-refractivity contribution in [2.45, 2.75) is 32.1 Å².